The molecular weight excluding hydrogens is 376 g/mol. The van der Waals surface area contributed by atoms with Gasteiger partial charge in [0, 0.05) is 23.1 Å². The molecule has 0 saturated carbocycles. The van der Waals surface area contributed by atoms with E-state index in [1.54, 1.807) is 0 Å². The van der Waals surface area contributed by atoms with Gasteiger partial charge in [-0.25, -0.2) is 9.37 Å². The van der Waals surface area contributed by atoms with Crippen LogP contribution in [0.25, 0.3) is 11.3 Å². The number of hydrogen-bond donors (Lipinski definition) is 2. The van der Waals surface area contributed by atoms with E-state index in [0.29, 0.717) is 16.9 Å². The minimum atomic E-state index is -5.01. The van der Waals surface area contributed by atoms with Crippen molar-refractivity contribution >= 4 is 0 Å². The molecule has 0 amide bonds. The maximum absolute atomic E-state index is 13.5. The number of halogens is 4. The number of aromatic nitrogens is 1. The van der Waals surface area contributed by atoms with Gasteiger partial charge in [-0.3, -0.25) is 0 Å². The second-order valence-corrected chi connectivity index (χ2v) is 6.97. The quantitative estimate of drug-likeness (QED) is 0.754. The Balaban J connectivity index is 0.00000136. The van der Waals surface area contributed by atoms with Gasteiger partial charge in [-0.1, -0.05) is 27.7 Å². The Hall–Kier alpha value is -2.19. The summed E-state index contributed by atoms with van der Waals surface area (Å²) in [7, 11) is 0. The Kier molecular flexibility index (Phi) is 6.06. The Labute approximate surface area is 161 Å². The van der Waals surface area contributed by atoms with E-state index in [1.165, 1.54) is 30.3 Å². The molecule has 8 heteroatoms. The number of aliphatic hydroxyl groups is 1. The molecular formula is C20H24F4N2O2. The first-order valence-electron chi connectivity index (χ1n) is 8.93. The lowest BCUT2D eigenvalue weighted by molar-refractivity contribution is -0.263. The van der Waals surface area contributed by atoms with Gasteiger partial charge in [0.25, 0.3) is 0 Å². The lowest BCUT2D eigenvalue weighted by atomic mass is 9.84. The number of rotatable bonds is 3. The first-order valence-corrected chi connectivity index (χ1v) is 8.93. The highest BCUT2D eigenvalue weighted by Gasteiger charge is 2.56. The predicted molar refractivity (Wildman–Crippen MR) is 98.5 cm³/mol. The van der Waals surface area contributed by atoms with Gasteiger partial charge in [0.05, 0.1) is 12.3 Å². The van der Waals surface area contributed by atoms with Crippen LogP contribution in [0, 0.1) is 5.82 Å². The molecule has 3 N–H and O–H groups in total. The van der Waals surface area contributed by atoms with E-state index in [1.807, 2.05) is 27.7 Å². The summed E-state index contributed by atoms with van der Waals surface area (Å²) < 4.78 is 59.3. The van der Waals surface area contributed by atoms with Crippen LogP contribution in [0.15, 0.2) is 30.3 Å². The molecule has 1 aromatic heterocycles. The summed E-state index contributed by atoms with van der Waals surface area (Å²) in [5.41, 5.74) is 1.74. The van der Waals surface area contributed by atoms with Crippen LogP contribution in [0.5, 0.6) is 5.75 Å². The fourth-order valence-electron chi connectivity index (χ4n) is 2.89. The number of ether oxygens (including phenoxy) is 1. The average molecular weight is 400 g/mol. The van der Waals surface area contributed by atoms with Crippen molar-refractivity contribution in [2.24, 2.45) is 5.73 Å². The zero-order valence-corrected chi connectivity index (χ0v) is 16.2. The van der Waals surface area contributed by atoms with Crippen molar-refractivity contribution in [2.45, 2.75) is 44.9 Å². The van der Waals surface area contributed by atoms with Crippen LogP contribution in [0.1, 0.15) is 39.0 Å². The number of hydrogen-bond acceptors (Lipinski definition) is 4. The van der Waals surface area contributed by atoms with Crippen molar-refractivity contribution in [3.8, 4) is 17.0 Å². The average Bonchev–Trinajstić information content (AvgIpc) is 2.97. The van der Waals surface area contributed by atoms with Gasteiger partial charge < -0.3 is 15.6 Å². The maximum Gasteiger partial charge on any atom is 0.424 e. The van der Waals surface area contributed by atoms with Crippen molar-refractivity contribution in [2.75, 3.05) is 13.2 Å². The van der Waals surface area contributed by atoms with E-state index < -0.39 is 35.2 Å². The second kappa shape index (κ2) is 7.67. The minimum absolute atomic E-state index is 0.110. The van der Waals surface area contributed by atoms with Gasteiger partial charge in [0.2, 0.25) is 5.60 Å². The van der Waals surface area contributed by atoms with E-state index in [0.717, 1.165) is 0 Å². The molecule has 3 rings (SSSR count). The van der Waals surface area contributed by atoms with Gasteiger partial charge in [0.15, 0.2) is 0 Å². The fraction of sp³-hybridized carbons (Fsp3) is 0.450. The molecule has 0 radical (unpaired) electrons. The lowest BCUT2D eigenvalue weighted by Crippen LogP contribution is -2.49. The molecule has 0 aliphatic carbocycles. The van der Waals surface area contributed by atoms with Crippen LogP contribution in [0.3, 0.4) is 0 Å². The monoisotopic (exact) mass is 400 g/mol. The molecule has 1 aromatic carbocycles. The normalized spacial score (nSPS) is 17.1. The molecule has 0 fully saturated rings. The molecule has 1 unspecified atom stereocenters. The van der Waals surface area contributed by atoms with Gasteiger partial charge in [-0.05, 0) is 30.3 Å². The van der Waals surface area contributed by atoms with E-state index >= 15 is 0 Å². The van der Waals surface area contributed by atoms with Crippen molar-refractivity contribution in [1.82, 2.24) is 4.98 Å². The van der Waals surface area contributed by atoms with Crippen molar-refractivity contribution in [3.63, 3.8) is 0 Å². The molecule has 28 heavy (non-hydrogen) atoms. The van der Waals surface area contributed by atoms with E-state index in [2.05, 4.69) is 4.98 Å². The van der Waals surface area contributed by atoms with E-state index in [-0.39, 0.29) is 12.3 Å². The smallest absolute Gasteiger partial charge is 0.424 e. The zero-order chi connectivity index (χ0) is 21.3. The van der Waals surface area contributed by atoms with Crippen molar-refractivity contribution in [3.05, 3.63) is 47.4 Å². The summed E-state index contributed by atoms with van der Waals surface area (Å²) in [6.45, 7) is 6.79. The Bertz CT molecular complexity index is 835. The van der Waals surface area contributed by atoms with Crippen LogP contribution in [0.2, 0.25) is 0 Å². The maximum atomic E-state index is 13.5. The molecule has 1 aliphatic heterocycles. The molecule has 0 saturated heterocycles. The van der Waals surface area contributed by atoms with E-state index in [9.17, 15) is 22.7 Å². The van der Waals surface area contributed by atoms with Gasteiger partial charge in [-0.2, -0.15) is 13.2 Å². The third kappa shape index (κ3) is 3.71. The summed E-state index contributed by atoms with van der Waals surface area (Å²) in [6.07, 6.45) is -5.01. The zero-order valence-electron chi connectivity index (χ0n) is 16.2. The van der Waals surface area contributed by atoms with Crippen LogP contribution >= 0.6 is 0 Å². The molecule has 0 spiro atoms. The van der Waals surface area contributed by atoms with Gasteiger partial charge >= 0.3 is 6.18 Å². The molecule has 4 nitrogen and oxygen atoms in total. The topological polar surface area (TPSA) is 68.4 Å². The van der Waals surface area contributed by atoms with Crippen molar-refractivity contribution in [1.29, 1.82) is 0 Å². The number of nitrogens with two attached hydrogens (primary N) is 1. The highest BCUT2D eigenvalue weighted by Crippen LogP contribution is 2.47. The Morgan fingerprint density at radius 1 is 1.18 bits per heavy atom. The number of benzene rings is 1. The Morgan fingerprint density at radius 3 is 2.25 bits per heavy atom. The second-order valence-electron chi connectivity index (χ2n) is 6.97. The largest absolute Gasteiger partial charge is 0.490 e. The van der Waals surface area contributed by atoms with Crippen LogP contribution in [0.4, 0.5) is 17.6 Å². The summed E-state index contributed by atoms with van der Waals surface area (Å²) in [4.78, 5) is 4.02. The van der Waals surface area contributed by atoms with Crippen LogP contribution in [-0.4, -0.2) is 29.4 Å². The first-order chi connectivity index (χ1) is 13.0. The molecule has 154 valence electrons. The fourth-order valence-corrected chi connectivity index (χ4v) is 2.89. The number of alkyl halides is 3. The SMILES string of the molecule is CC.CC1(C)COc2c1cc(C(O)(CN)C(F)(F)F)nc2-c1ccc(F)cc1. The van der Waals surface area contributed by atoms with Crippen LogP contribution in [-0.2, 0) is 11.0 Å². The number of fused-ring (bicyclic) bond motifs is 1. The summed E-state index contributed by atoms with van der Waals surface area (Å²) >= 11 is 0. The number of pyridine rings is 1. The Morgan fingerprint density at radius 2 is 1.75 bits per heavy atom. The molecule has 1 atom stereocenters. The van der Waals surface area contributed by atoms with Gasteiger partial charge in [0.1, 0.15) is 17.3 Å². The molecule has 1 aliphatic rings. The standard InChI is InChI=1S/C18H18F4N2O2.C2H6/c1-16(2)9-26-15-12(16)7-13(17(25,8-23)18(20,21)22)24-14(15)10-3-5-11(19)6-4-10;1-2/h3-7,25H,8-9,23H2,1-2H3;1-2H3. The van der Waals surface area contributed by atoms with Gasteiger partial charge in [-0.15, -0.1) is 0 Å². The highest BCUT2D eigenvalue weighted by atomic mass is 19.4. The van der Waals surface area contributed by atoms with Crippen molar-refractivity contribution < 1.29 is 27.4 Å². The molecule has 2 heterocycles. The third-order valence-corrected chi connectivity index (χ3v) is 4.59. The lowest BCUT2D eigenvalue weighted by Gasteiger charge is -2.30. The first kappa shape index (κ1) is 22.1. The summed E-state index contributed by atoms with van der Waals surface area (Å²) in [6, 6.07) is 6.33. The predicted octanol–water partition coefficient (Wildman–Crippen LogP) is 4.29. The summed E-state index contributed by atoms with van der Waals surface area (Å²) in [5, 5.41) is 10.2. The molecule has 2 aromatic rings. The number of nitrogens with zero attached hydrogens (tertiary/aromatic N) is 1. The van der Waals surface area contributed by atoms with Crippen LogP contribution < -0.4 is 10.5 Å². The molecule has 0 bridgehead atoms. The third-order valence-electron chi connectivity index (χ3n) is 4.59. The highest BCUT2D eigenvalue weighted by molar-refractivity contribution is 5.70. The summed E-state index contributed by atoms with van der Waals surface area (Å²) in [5.74, 6) is -0.163. The van der Waals surface area contributed by atoms with E-state index in [4.69, 9.17) is 10.5 Å². The minimum Gasteiger partial charge on any atom is -0.490 e.